The summed E-state index contributed by atoms with van der Waals surface area (Å²) in [6.45, 7) is 1.73. The lowest BCUT2D eigenvalue weighted by molar-refractivity contribution is 0.181. The molecule has 0 saturated heterocycles. The second kappa shape index (κ2) is 12.2. The number of thioether (sulfide) groups is 1. The molecule has 0 aliphatic carbocycles. The molecular formula is C26H26FN3O3S. The van der Waals surface area contributed by atoms with E-state index in [1.165, 1.54) is 17.8 Å². The number of nitrogens with zero attached hydrogens (tertiary/aromatic N) is 3. The fourth-order valence-corrected chi connectivity index (χ4v) is 4.18. The molecule has 0 saturated carbocycles. The van der Waals surface area contributed by atoms with Gasteiger partial charge in [0.2, 0.25) is 0 Å². The molecule has 34 heavy (non-hydrogen) atoms. The normalized spacial score (nSPS) is 10.9. The minimum Gasteiger partial charge on any atom is -0.490 e. The molecule has 1 heterocycles. The van der Waals surface area contributed by atoms with Gasteiger partial charge in [-0.1, -0.05) is 72.4 Å². The zero-order valence-corrected chi connectivity index (χ0v) is 19.7. The van der Waals surface area contributed by atoms with Crippen LogP contribution in [0.2, 0.25) is 0 Å². The monoisotopic (exact) mass is 479 g/mol. The number of ether oxygens (including phenoxy) is 3. The van der Waals surface area contributed by atoms with Crippen LogP contribution in [0, 0.1) is 5.82 Å². The van der Waals surface area contributed by atoms with Gasteiger partial charge in [-0.3, -0.25) is 0 Å². The molecule has 0 spiro atoms. The Labute approximate surface area is 202 Å². The summed E-state index contributed by atoms with van der Waals surface area (Å²) >= 11 is 1.50. The highest BCUT2D eigenvalue weighted by atomic mass is 32.2. The Bertz CT molecular complexity index is 1190. The van der Waals surface area contributed by atoms with E-state index >= 15 is 0 Å². The summed E-state index contributed by atoms with van der Waals surface area (Å²) in [6.07, 6.45) is 0. The standard InChI is InChI=1S/C26H26FN3O3S/c1-31-16-15-30-25(19-33-23-13-7-5-11-21(23)20-9-3-2-4-10-20)28-29-26(30)34-18-17-32-24-14-8-6-12-22(24)27/h2-14H,15-19H2,1H3. The van der Waals surface area contributed by atoms with Crippen LogP contribution in [0.1, 0.15) is 5.82 Å². The Hall–Kier alpha value is -3.36. The number of rotatable bonds is 12. The van der Waals surface area contributed by atoms with Crippen LogP contribution in [0.25, 0.3) is 11.1 Å². The lowest BCUT2D eigenvalue weighted by Crippen LogP contribution is -2.12. The predicted octanol–water partition coefficient (Wildman–Crippen LogP) is 5.48. The smallest absolute Gasteiger partial charge is 0.191 e. The van der Waals surface area contributed by atoms with Gasteiger partial charge in [-0.15, -0.1) is 10.2 Å². The van der Waals surface area contributed by atoms with Crippen molar-refractivity contribution >= 4 is 11.8 Å². The van der Waals surface area contributed by atoms with Gasteiger partial charge in [0.15, 0.2) is 22.5 Å². The van der Waals surface area contributed by atoms with E-state index in [2.05, 4.69) is 22.3 Å². The second-order valence-electron chi connectivity index (χ2n) is 7.32. The first-order chi connectivity index (χ1) is 16.8. The Morgan fingerprint density at radius 1 is 0.824 bits per heavy atom. The third-order valence-electron chi connectivity index (χ3n) is 5.05. The van der Waals surface area contributed by atoms with Crippen LogP contribution in [-0.2, 0) is 17.9 Å². The van der Waals surface area contributed by atoms with Crippen LogP contribution >= 0.6 is 11.8 Å². The number of benzene rings is 3. The van der Waals surface area contributed by atoms with E-state index in [-0.39, 0.29) is 18.2 Å². The van der Waals surface area contributed by atoms with Crippen molar-refractivity contribution < 1.29 is 18.6 Å². The highest BCUT2D eigenvalue weighted by Gasteiger charge is 2.15. The van der Waals surface area contributed by atoms with Crippen molar-refractivity contribution in [2.45, 2.75) is 18.3 Å². The molecule has 3 aromatic carbocycles. The summed E-state index contributed by atoms with van der Waals surface area (Å²) < 4.78 is 32.7. The SMILES string of the molecule is COCCn1c(COc2ccccc2-c2ccccc2)nnc1SCCOc1ccccc1F. The van der Waals surface area contributed by atoms with Crippen molar-refractivity contribution in [3.8, 4) is 22.6 Å². The van der Waals surface area contributed by atoms with E-state index in [1.54, 1.807) is 25.3 Å². The first kappa shape index (κ1) is 23.8. The first-order valence-electron chi connectivity index (χ1n) is 10.9. The minimum absolute atomic E-state index is 0.245. The van der Waals surface area contributed by atoms with Crippen molar-refractivity contribution in [2.24, 2.45) is 0 Å². The molecule has 0 aliphatic rings. The molecule has 0 atom stereocenters. The number of hydrogen-bond acceptors (Lipinski definition) is 6. The quantitative estimate of drug-likeness (QED) is 0.198. The number of methoxy groups -OCH3 is 1. The Morgan fingerprint density at radius 2 is 1.56 bits per heavy atom. The van der Waals surface area contributed by atoms with Gasteiger partial charge < -0.3 is 18.8 Å². The maximum atomic E-state index is 13.7. The number of hydrogen-bond donors (Lipinski definition) is 0. The summed E-state index contributed by atoms with van der Waals surface area (Å²) in [5.41, 5.74) is 2.11. The van der Waals surface area contributed by atoms with Crippen molar-refractivity contribution in [1.82, 2.24) is 14.8 Å². The van der Waals surface area contributed by atoms with Crippen molar-refractivity contribution in [3.05, 3.63) is 90.5 Å². The summed E-state index contributed by atoms with van der Waals surface area (Å²) in [5, 5.41) is 9.42. The Balaban J connectivity index is 1.41. The zero-order chi connectivity index (χ0) is 23.6. The van der Waals surface area contributed by atoms with E-state index in [0.717, 1.165) is 22.0 Å². The number of aromatic nitrogens is 3. The molecule has 0 N–H and O–H groups in total. The third kappa shape index (κ3) is 6.15. The van der Waals surface area contributed by atoms with E-state index < -0.39 is 0 Å². The van der Waals surface area contributed by atoms with Crippen molar-refractivity contribution in [3.63, 3.8) is 0 Å². The van der Waals surface area contributed by atoms with Gasteiger partial charge in [-0.05, 0) is 23.8 Å². The van der Waals surface area contributed by atoms with Gasteiger partial charge >= 0.3 is 0 Å². The second-order valence-corrected chi connectivity index (χ2v) is 8.38. The number of halogens is 1. The molecule has 1 aromatic heterocycles. The van der Waals surface area contributed by atoms with E-state index in [0.29, 0.717) is 31.3 Å². The lowest BCUT2D eigenvalue weighted by atomic mass is 10.1. The van der Waals surface area contributed by atoms with Gasteiger partial charge in [0.1, 0.15) is 12.4 Å². The molecule has 176 valence electrons. The predicted molar refractivity (Wildman–Crippen MR) is 131 cm³/mol. The molecular weight excluding hydrogens is 453 g/mol. The fraction of sp³-hybridized carbons (Fsp3) is 0.231. The maximum Gasteiger partial charge on any atom is 0.191 e. The number of para-hydroxylation sites is 2. The molecule has 8 heteroatoms. The topological polar surface area (TPSA) is 58.4 Å². The largest absolute Gasteiger partial charge is 0.490 e. The summed E-state index contributed by atoms with van der Waals surface area (Å²) in [6, 6.07) is 24.4. The van der Waals surface area contributed by atoms with E-state index in [9.17, 15) is 4.39 Å². The van der Waals surface area contributed by atoms with Gasteiger partial charge in [0, 0.05) is 25.0 Å². The van der Waals surface area contributed by atoms with Crippen LogP contribution in [0.15, 0.2) is 84.0 Å². The third-order valence-corrected chi connectivity index (χ3v) is 5.98. The van der Waals surface area contributed by atoms with E-state index in [1.807, 2.05) is 47.0 Å². The Morgan fingerprint density at radius 3 is 2.35 bits per heavy atom. The lowest BCUT2D eigenvalue weighted by Gasteiger charge is -2.13. The highest BCUT2D eigenvalue weighted by Crippen LogP contribution is 2.30. The van der Waals surface area contributed by atoms with E-state index in [4.69, 9.17) is 14.2 Å². The van der Waals surface area contributed by atoms with Crippen molar-refractivity contribution in [1.29, 1.82) is 0 Å². The minimum atomic E-state index is -0.369. The van der Waals surface area contributed by atoms with Crippen LogP contribution < -0.4 is 9.47 Å². The average Bonchev–Trinajstić information content (AvgIpc) is 3.27. The van der Waals surface area contributed by atoms with Gasteiger partial charge in [-0.25, -0.2) is 4.39 Å². The summed E-state index contributed by atoms with van der Waals surface area (Å²) in [5.74, 6) is 1.96. The molecule has 0 fully saturated rings. The van der Waals surface area contributed by atoms with Gasteiger partial charge in [0.05, 0.1) is 13.2 Å². The maximum absolute atomic E-state index is 13.7. The molecule has 4 rings (SSSR count). The zero-order valence-electron chi connectivity index (χ0n) is 18.9. The summed E-state index contributed by atoms with van der Waals surface area (Å²) in [4.78, 5) is 0. The van der Waals surface area contributed by atoms with Crippen molar-refractivity contribution in [2.75, 3.05) is 26.1 Å². The Kier molecular flexibility index (Phi) is 8.54. The molecule has 0 aliphatic heterocycles. The molecule has 6 nitrogen and oxygen atoms in total. The molecule has 0 amide bonds. The fourth-order valence-electron chi connectivity index (χ4n) is 3.38. The molecule has 0 bridgehead atoms. The van der Waals surface area contributed by atoms with Crippen LogP contribution in [0.5, 0.6) is 11.5 Å². The van der Waals surface area contributed by atoms with Gasteiger partial charge in [0.25, 0.3) is 0 Å². The van der Waals surface area contributed by atoms with Gasteiger partial charge in [-0.2, -0.15) is 0 Å². The molecule has 4 aromatic rings. The average molecular weight is 480 g/mol. The van der Waals surface area contributed by atoms with Crippen LogP contribution in [0.3, 0.4) is 0 Å². The molecule has 0 radical (unpaired) electrons. The van der Waals surface area contributed by atoms with Crippen LogP contribution in [0.4, 0.5) is 4.39 Å². The highest BCUT2D eigenvalue weighted by molar-refractivity contribution is 7.99. The molecule has 0 unspecified atom stereocenters. The first-order valence-corrected chi connectivity index (χ1v) is 11.9. The summed E-state index contributed by atoms with van der Waals surface area (Å²) in [7, 11) is 1.66. The van der Waals surface area contributed by atoms with Crippen LogP contribution in [-0.4, -0.2) is 40.8 Å².